The number of rotatable bonds is 12. The SMILES string of the molecule is O=CCCCc1c(O)c(CCCC=O)c(O)c(CCCC=O)c1O. The lowest BCUT2D eigenvalue weighted by molar-refractivity contribution is -0.108. The average molecular weight is 336 g/mol. The highest BCUT2D eigenvalue weighted by molar-refractivity contribution is 5.62. The normalized spacial score (nSPS) is 10.5. The van der Waals surface area contributed by atoms with Crippen LogP contribution in [-0.4, -0.2) is 34.2 Å². The molecule has 0 radical (unpaired) electrons. The molecule has 0 atom stereocenters. The Kier molecular flexibility index (Phi) is 8.54. The zero-order valence-electron chi connectivity index (χ0n) is 13.7. The molecule has 1 aromatic rings. The van der Waals surface area contributed by atoms with Gasteiger partial charge in [-0.1, -0.05) is 0 Å². The van der Waals surface area contributed by atoms with Crippen LogP contribution in [0.5, 0.6) is 17.2 Å². The minimum absolute atomic E-state index is 0.180. The fourth-order valence-corrected chi connectivity index (χ4v) is 2.68. The van der Waals surface area contributed by atoms with Crippen molar-refractivity contribution in [2.75, 3.05) is 0 Å². The number of unbranched alkanes of at least 4 members (excludes halogenated alkanes) is 3. The molecule has 0 amide bonds. The number of carbonyl (C=O) groups excluding carboxylic acids is 3. The Balaban J connectivity index is 3.20. The van der Waals surface area contributed by atoms with Crippen LogP contribution in [0.3, 0.4) is 0 Å². The van der Waals surface area contributed by atoms with E-state index in [1.807, 2.05) is 0 Å². The first-order valence-corrected chi connectivity index (χ1v) is 8.16. The molecule has 0 fully saturated rings. The third kappa shape index (κ3) is 5.08. The summed E-state index contributed by atoms with van der Waals surface area (Å²) >= 11 is 0. The summed E-state index contributed by atoms with van der Waals surface area (Å²) in [5.41, 5.74) is 0.908. The van der Waals surface area contributed by atoms with Gasteiger partial charge >= 0.3 is 0 Å². The number of aromatic hydroxyl groups is 3. The van der Waals surface area contributed by atoms with Crippen molar-refractivity contribution in [1.82, 2.24) is 0 Å². The summed E-state index contributed by atoms with van der Waals surface area (Å²) in [6.45, 7) is 0. The summed E-state index contributed by atoms with van der Waals surface area (Å²) < 4.78 is 0. The number of benzene rings is 1. The van der Waals surface area contributed by atoms with E-state index in [-0.39, 0.29) is 17.2 Å². The fourth-order valence-electron chi connectivity index (χ4n) is 2.68. The van der Waals surface area contributed by atoms with Gasteiger partial charge in [0.2, 0.25) is 0 Å². The largest absolute Gasteiger partial charge is 0.507 e. The van der Waals surface area contributed by atoms with Gasteiger partial charge in [0.15, 0.2) is 0 Å². The fraction of sp³-hybridized carbons (Fsp3) is 0.500. The highest BCUT2D eigenvalue weighted by Gasteiger charge is 2.22. The van der Waals surface area contributed by atoms with Gasteiger partial charge in [0, 0.05) is 36.0 Å². The van der Waals surface area contributed by atoms with Gasteiger partial charge in [0.25, 0.3) is 0 Å². The van der Waals surface area contributed by atoms with Gasteiger partial charge in [0.05, 0.1) is 0 Å². The lowest BCUT2D eigenvalue weighted by atomic mass is 9.92. The predicted octanol–water partition coefficient (Wildman–Crippen LogP) is 2.37. The third-order valence-corrected chi connectivity index (χ3v) is 3.96. The van der Waals surface area contributed by atoms with Crippen molar-refractivity contribution in [3.63, 3.8) is 0 Å². The zero-order valence-corrected chi connectivity index (χ0v) is 13.7. The molecule has 0 aliphatic rings. The quantitative estimate of drug-likeness (QED) is 0.399. The van der Waals surface area contributed by atoms with Crippen LogP contribution in [0.2, 0.25) is 0 Å². The van der Waals surface area contributed by atoms with E-state index in [9.17, 15) is 29.7 Å². The average Bonchev–Trinajstić information content (AvgIpc) is 2.57. The van der Waals surface area contributed by atoms with Crippen LogP contribution < -0.4 is 0 Å². The number of phenols is 3. The van der Waals surface area contributed by atoms with Crippen LogP contribution in [0.25, 0.3) is 0 Å². The molecule has 6 heteroatoms. The van der Waals surface area contributed by atoms with Gasteiger partial charge in [0.1, 0.15) is 36.1 Å². The molecule has 6 nitrogen and oxygen atoms in total. The second kappa shape index (κ2) is 10.4. The Morgan fingerprint density at radius 1 is 0.542 bits per heavy atom. The molecule has 0 spiro atoms. The van der Waals surface area contributed by atoms with E-state index in [2.05, 4.69) is 0 Å². The third-order valence-electron chi connectivity index (χ3n) is 3.96. The second-order valence-corrected chi connectivity index (χ2v) is 5.66. The van der Waals surface area contributed by atoms with Crippen molar-refractivity contribution in [2.24, 2.45) is 0 Å². The molecule has 0 bridgehead atoms. The lowest BCUT2D eigenvalue weighted by Gasteiger charge is -2.18. The topological polar surface area (TPSA) is 112 Å². The van der Waals surface area contributed by atoms with E-state index in [1.54, 1.807) is 0 Å². The van der Waals surface area contributed by atoms with E-state index < -0.39 is 0 Å². The van der Waals surface area contributed by atoms with Crippen molar-refractivity contribution in [3.8, 4) is 17.2 Å². The van der Waals surface area contributed by atoms with E-state index in [4.69, 9.17) is 0 Å². The maximum absolute atomic E-state index is 10.5. The minimum Gasteiger partial charge on any atom is -0.507 e. The van der Waals surface area contributed by atoms with Crippen molar-refractivity contribution < 1.29 is 29.7 Å². The molecule has 0 aromatic heterocycles. The molecular formula is C18H24O6. The number of phenolic OH excluding ortho intramolecular Hbond substituents is 3. The Morgan fingerprint density at radius 2 is 0.792 bits per heavy atom. The summed E-state index contributed by atoms with van der Waals surface area (Å²) in [4.78, 5) is 31.4. The number of carbonyl (C=O) groups is 3. The van der Waals surface area contributed by atoms with Gasteiger partial charge in [-0.05, 0) is 38.5 Å². The number of hydrogen-bond donors (Lipinski definition) is 3. The first-order chi connectivity index (χ1) is 11.6. The van der Waals surface area contributed by atoms with Crippen molar-refractivity contribution in [2.45, 2.75) is 57.8 Å². The molecule has 1 aromatic carbocycles. The highest BCUT2D eigenvalue weighted by atomic mass is 16.3. The molecule has 0 saturated carbocycles. The summed E-state index contributed by atoms with van der Waals surface area (Å²) in [5.74, 6) is -0.539. The lowest BCUT2D eigenvalue weighted by Crippen LogP contribution is -2.00. The minimum atomic E-state index is -0.180. The Morgan fingerprint density at radius 3 is 1.00 bits per heavy atom. The van der Waals surface area contributed by atoms with Gasteiger partial charge in [-0.3, -0.25) is 0 Å². The van der Waals surface area contributed by atoms with E-state index >= 15 is 0 Å². The monoisotopic (exact) mass is 336 g/mol. The van der Waals surface area contributed by atoms with Crippen LogP contribution >= 0.6 is 0 Å². The first kappa shape index (κ1) is 19.7. The molecule has 0 unspecified atom stereocenters. The molecule has 0 aliphatic heterocycles. The Hall–Kier alpha value is -2.37. The smallest absolute Gasteiger partial charge is 0.129 e. The molecule has 24 heavy (non-hydrogen) atoms. The van der Waals surface area contributed by atoms with Crippen molar-refractivity contribution in [3.05, 3.63) is 16.7 Å². The molecule has 132 valence electrons. The molecule has 0 heterocycles. The van der Waals surface area contributed by atoms with Gasteiger partial charge in [-0.25, -0.2) is 0 Å². The maximum Gasteiger partial charge on any atom is 0.129 e. The summed E-state index contributed by atoms with van der Waals surface area (Å²) in [5, 5.41) is 31.2. The van der Waals surface area contributed by atoms with Crippen molar-refractivity contribution in [1.29, 1.82) is 0 Å². The van der Waals surface area contributed by atoms with Crippen LogP contribution in [0.4, 0.5) is 0 Å². The van der Waals surface area contributed by atoms with Gasteiger partial charge in [-0.15, -0.1) is 0 Å². The second-order valence-electron chi connectivity index (χ2n) is 5.66. The maximum atomic E-state index is 10.5. The number of aldehydes is 3. The van der Waals surface area contributed by atoms with E-state index in [0.29, 0.717) is 74.5 Å². The standard InChI is InChI=1S/C18H24O6/c19-10-4-1-7-13-16(22)14(8-2-5-11-20)18(24)15(17(13)23)9-3-6-12-21/h10-12,22-24H,1-9H2. The number of hydrogen-bond acceptors (Lipinski definition) is 6. The summed E-state index contributed by atoms with van der Waals surface area (Å²) in [7, 11) is 0. The Labute approximate surface area is 141 Å². The van der Waals surface area contributed by atoms with Gasteiger partial charge < -0.3 is 29.7 Å². The van der Waals surface area contributed by atoms with Crippen LogP contribution in [0.1, 0.15) is 55.2 Å². The summed E-state index contributed by atoms with van der Waals surface area (Å²) in [6.07, 6.45) is 5.54. The van der Waals surface area contributed by atoms with E-state index in [1.165, 1.54) is 0 Å². The van der Waals surface area contributed by atoms with Crippen LogP contribution in [0.15, 0.2) is 0 Å². The van der Waals surface area contributed by atoms with Gasteiger partial charge in [-0.2, -0.15) is 0 Å². The highest BCUT2D eigenvalue weighted by Crippen LogP contribution is 2.44. The molecule has 1 rings (SSSR count). The molecule has 3 N–H and O–H groups in total. The van der Waals surface area contributed by atoms with Crippen LogP contribution in [0, 0.1) is 0 Å². The summed E-state index contributed by atoms with van der Waals surface area (Å²) in [6, 6.07) is 0. The van der Waals surface area contributed by atoms with E-state index in [0.717, 1.165) is 18.9 Å². The zero-order chi connectivity index (χ0) is 17.9. The first-order valence-electron chi connectivity index (χ1n) is 8.16. The predicted molar refractivity (Wildman–Crippen MR) is 88.4 cm³/mol. The van der Waals surface area contributed by atoms with Crippen molar-refractivity contribution >= 4 is 18.9 Å². The van der Waals surface area contributed by atoms with Crippen LogP contribution in [-0.2, 0) is 33.6 Å². The molecular weight excluding hydrogens is 312 g/mol. The molecule has 0 aliphatic carbocycles. The molecule has 0 saturated heterocycles. The Bertz CT molecular complexity index is 477.